The summed E-state index contributed by atoms with van der Waals surface area (Å²) in [5, 5.41) is 12.9. The molecule has 19 heavy (non-hydrogen) atoms. The van der Waals surface area contributed by atoms with Crippen molar-refractivity contribution in [2.45, 2.75) is 32.1 Å². The monoisotopic (exact) mass is 253 g/mol. The number of fused-ring (bicyclic) bond motifs is 1. The van der Waals surface area contributed by atoms with Gasteiger partial charge in [0.25, 0.3) is 0 Å². The molecule has 0 bridgehead atoms. The third-order valence-corrected chi connectivity index (χ3v) is 3.63. The first-order valence-corrected chi connectivity index (χ1v) is 6.58. The van der Waals surface area contributed by atoms with Crippen LogP contribution in [-0.4, -0.2) is 10.1 Å². The molecule has 4 heteroatoms. The van der Waals surface area contributed by atoms with Crippen molar-refractivity contribution in [2.24, 2.45) is 5.92 Å². The lowest BCUT2D eigenvalue weighted by molar-refractivity contribution is 0.363. The molecular weight excluding hydrogens is 238 g/mol. The van der Waals surface area contributed by atoms with Crippen LogP contribution in [0, 0.1) is 17.2 Å². The fraction of sp³-hybridized carbons (Fsp3) is 0.400. The molecule has 0 aliphatic heterocycles. The lowest BCUT2D eigenvalue weighted by atomic mass is 10.0. The van der Waals surface area contributed by atoms with Gasteiger partial charge in [-0.2, -0.15) is 10.2 Å². The molecule has 1 aromatic carbocycles. The van der Waals surface area contributed by atoms with E-state index in [1.165, 1.54) is 11.1 Å². The van der Waals surface area contributed by atoms with Gasteiger partial charge in [-0.15, -0.1) is 0 Å². The molecule has 1 aromatic heterocycles. The van der Waals surface area contributed by atoms with Gasteiger partial charge >= 0.3 is 0 Å². The second-order valence-electron chi connectivity index (χ2n) is 5.07. The maximum atomic E-state index is 8.80. The van der Waals surface area contributed by atoms with Crippen molar-refractivity contribution in [1.29, 1.82) is 5.26 Å². The van der Waals surface area contributed by atoms with E-state index in [0.717, 1.165) is 18.7 Å². The zero-order valence-electron chi connectivity index (χ0n) is 10.8. The molecule has 3 rings (SSSR count). The third kappa shape index (κ3) is 2.24. The van der Waals surface area contributed by atoms with E-state index < -0.39 is 0 Å². The zero-order valence-corrected chi connectivity index (χ0v) is 10.8. The molecule has 0 saturated heterocycles. The van der Waals surface area contributed by atoms with Crippen molar-refractivity contribution in [3.05, 3.63) is 47.1 Å². The SMILES string of the molecule is CC(C#N)Cc1nc(C2CCc3ccccc32)no1. The van der Waals surface area contributed by atoms with Crippen LogP contribution in [0.4, 0.5) is 0 Å². The molecule has 0 amide bonds. The summed E-state index contributed by atoms with van der Waals surface area (Å²) in [7, 11) is 0. The van der Waals surface area contributed by atoms with Gasteiger partial charge in [0.15, 0.2) is 5.82 Å². The highest BCUT2D eigenvalue weighted by atomic mass is 16.5. The van der Waals surface area contributed by atoms with Crippen LogP contribution in [0.5, 0.6) is 0 Å². The highest BCUT2D eigenvalue weighted by Crippen LogP contribution is 2.36. The van der Waals surface area contributed by atoms with Gasteiger partial charge in [-0.3, -0.25) is 0 Å². The Morgan fingerprint density at radius 1 is 1.47 bits per heavy atom. The Morgan fingerprint density at radius 3 is 3.16 bits per heavy atom. The fourth-order valence-corrected chi connectivity index (χ4v) is 2.63. The molecular formula is C15H15N3O. The average Bonchev–Trinajstić information content (AvgIpc) is 3.04. The standard InChI is InChI=1S/C15H15N3O/c1-10(9-16)8-14-17-15(18-19-14)13-7-6-11-4-2-3-5-12(11)13/h2-5,10,13H,6-8H2,1H3. The average molecular weight is 253 g/mol. The molecule has 2 aromatic rings. The summed E-state index contributed by atoms with van der Waals surface area (Å²) in [6.07, 6.45) is 2.63. The van der Waals surface area contributed by atoms with Crippen molar-refractivity contribution in [2.75, 3.05) is 0 Å². The zero-order chi connectivity index (χ0) is 13.2. The summed E-state index contributed by atoms with van der Waals surface area (Å²) >= 11 is 0. The number of rotatable bonds is 3. The van der Waals surface area contributed by atoms with Crippen molar-refractivity contribution < 1.29 is 4.52 Å². The molecule has 1 heterocycles. The van der Waals surface area contributed by atoms with Crippen LogP contribution >= 0.6 is 0 Å². The van der Waals surface area contributed by atoms with E-state index in [2.05, 4.69) is 40.5 Å². The number of benzene rings is 1. The van der Waals surface area contributed by atoms with E-state index in [1.807, 2.05) is 6.92 Å². The van der Waals surface area contributed by atoms with E-state index in [0.29, 0.717) is 12.3 Å². The van der Waals surface area contributed by atoms with Gasteiger partial charge in [0.1, 0.15) is 0 Å². The van der Waals surface area contributed by atoms with Crippen molar-refractivity contribution in [3.63, 3.8) is 0 Å². The molecule has 96 valence electrons. The van der Waals surface area contributed by atoms with Gasteiger partial charge in [-0.05, 0) is 30.9 Å². The topological polar surface area (TPSA) is 62.7 Å². The number of nitriles is 1. The van der Waals surface area contributed by atoms with Gasteiger partial charge < -0.3 is 4.52 Å². The van der Waals surface area contributed by atoms with Crippen LogP contribution in [0.3, 0.4) is 0 Å². The Morgan fingerprint density at radius 2 is 2.32 bits per heavy atom. The number of aromatic nitrogens is 2. The molecule has 0 radical (unpaired) electrons. The van der Waals surface area contributed by atoms with Gasteiger partial charge in [-0.1, -0.05) is 29.4 Å². The first kappa shape index (κ1) is 11.9. The molecule has 0 saturated carbocycles. The number of hydrogen-bond donors (Lipinski definition) is 0. The van der Waals surface area contributed by atoms with Crippen LogP contribution in [-0.2, 0) is 12.8 Å². The van der Waals surface area contributed by atoms with Crippen LogP contribution in [0.2, 0.25) is 0 Å². The first-order valence-electron chi connectivity index (χ1n) is 6.58. The van der Waals surface area contributed by atoms with Crippen molar-refractivity contribution >= 4 is 0 Å². The lowest BCUT2D eigenvalue weighted by Crippen LogP contribution is -2.00. The minimum absolute atomic E-state index is 0.0934. The summed E-state index contributed by atoms with van der Waals surface area (Å²) in [5.74, 6) is 1.47. The summed E-state index contributed by atoms with van der Waals surface area (Å²) in [5.41, 5.74) is 2.69. The van der Waals surface area contributed by atoms with Crippen LogP contribution in [0.15, 0.2) is 28.8 Å². The Labute approximate surface area is 112 Å². The fourth-order valence-electron chi connectivity index (χ4n) is 2.63. The molecule has 1 aliphatic rings. The second-order valence-corrected chi connectivity index (χ2v) is 5.07. The Kier molecular flexibility index (Phi) is 3.04. The minimum atomic E-state index is -0.0934. The predicted octanol–water partition coefficient (Wildman–Crippen LogP) is 2.85. The maximum Gasteiger partial charge on any atom is 0.227 e. The minimum Gasteiger partial charge on any atom is -0.339 e. The molecule has 0 spiro atoms. The highest BCUT2D eigenvalue weighted by Gasteiger charge is 2.27. The molecule has 0 fully saturated rings. The molecule has 1 aliphatic carbocycles. The van der Waals surface area contributed by atoms with Gasteiger partial charge in [-0.25, -0.2) is 0 Å². The number of nitrogens with zero attached hydrogens (tertiary/aromatic N) is 3. The predicted molar refractivity (Wildman–Crippen MR) is 69.4 cm³/mol. The third-order valence-electron chi connectivity index (χ3n) is 3.63. The van der Waals surface area contributed by atoms with E-state index in [-0.39, 0.29) is 11.8 Å². The summed E-state index contributed by atoms with van der Waals surface area (Å²) < 4.78 is 5.25. The maximum absolute atomic E-state index is 8.80. The summed E-state index contributed by atoms with van der Waals surface area (Å²) in [6, 6.07) is 10.6. The number of hydrogen-bond acceptors (Lipinski definition) is 4. The van der Waals surface area contributed by atoms with Crippen molar-refractivity contribution in [1.82, 2.24) is 10.1 Å². The molecule has 2 unspecified atom stereocenters. The first-order chi connectivity index (χ1) is 9.28. The Balaban J connectivity index is 1.83. The van der Waals surface area contributed by atoms with E-state index >= 15 is 0 Å². The lowest BCUT2D eigenvalue weighted by Gasteiger charge is -2.05. The summed E-state index contributed by atoms with van der Waals surface area (Å²) in [4.78, 5) is 4.45. The van der Waals surface area contributed by atoms with Crippen LogP contribution in [0.25, 0.3) is 0 Å². The Hall–Kier alpha value is -2.15. The second kappa shape index (κ2) is 4.85. The number of aryl methyl sites for hydroxylation is 1. The smallest absolute Gasteiger partial charge is 0.227 e. The Bertz CT molecular complexity index is 626. The van der Waals surface area contributed by atoms with Gasteiger partial charge in [0, 0.05) is 12.3 Å². The quantitative estimate of drug-likeness (QED) is 0.843. The van der Waals surface area contributed by atoms with Crippen molar-refractivity contribution in [3.8, 4) is 6.07 Å². The van der Waals surface area contributed by atoms with Gasteiger partial charge in [0.05, 0.1) is 12.0 Å². The molecule has 0 N–H and O–H groups in total. The normalized spacial score (nSPS) is 18.8. The van der Waals surface area contributed by atoms with E-state index in [4.69, 9.17) is 9.78 Å². The van der Waals surface area contributed by atoms with Crippen LogP contribution < -0.4 is 0 Å². The largest absolute Gasteiger partial charge is 0.339 e. The highest BCUT2D eigenvalue weighted by molar-refractivity contribution is 5.38. The van der Waals surface area contributed by atoms with E-state index in [1.54, 1.807) is 0 Å². The molecule has 2 atom stereocenters. The van der Waals surface area contributed by atoms with E-state index in [9.17, 15) is 0 Å². The van der Waals surface area contributed by atoms with Crippen LogP contribution in [0.1, 0.15) is 42.1 Å². The summed E-state index contributed by atoms with van der Waals surface area (Å²) in [6.45, 7) is 1.86. The van der Waals surface area contributed by atoms with Gasteiger partial charge in [0.2, 0.25) is 5.89 Å². The molecule has 4 nitrogen and oxygen atoms in total.